The van der Waals surface area contributed by atoms with Gasteiger partial charge in [-0.1, -0.05) is 24.3 Å². The van der Waals surface area contributed by atoms with E-state index in [-0.39, 0.29) is 24.3 Å². The molecule has 0 aliphatic heterocycles. The lowest BCUT2D eigenvalue weighted by molar-refractivity contribution is -0.384. The van der Waals surface area contributed by atoms with Gasteiger partial charge in [-0.2, -0.15) is 0 Å². The lowest BCUT2D eigenvalue weighted by Crippen LogP contribution is -2.51. The third-order valence-electron chi connectivity index (χ3n) is 4.25. The topological polar surface area (TPSA) is 159 Å². The minimum Gasteiger partial charge on any atom is -0.508 e. The van der Waals surface area contributed by atoms with Gasteiger partial charge < -0.3 is 20.8 Å². The SMILES string of the molecule is C[C@H](NC(=O)Cc1cccc([N+](=O)[O-])c1)C(=O)N[C@@H](Cc1ccc(O)cc1)C(=O)O. The van der Waals surface area contributed by atoms with Crippen LogP contribution in [0.15, 0.2) is 48.5 Å². The van der Waals surface area contributed by atoms with Crippen molar-refractivity contribution in [1.29, 1.82) is 0 Å². The Morgan fingerprint density at radius 1 is 1.07 bits per heavy atom. The molecule has 30 heavy (non-hydrogen) atoms. The third-order valence-corrected chi connectivity index (χ3v) is 4.25. The molecule has 0 saturated carbocycles. The summed E-state index contributed by atoms with van der Waals surface area (Å²) in [4.78, 5) is 46.2. The molecule has 0 bridgehead atoms. The number of rotatable bonds is 9. The molecular weight excluding hydrogens is 394 g/mol. The summed E-state index contributed by atoms with van der Waals surface area (Å²) < 4.78 is 0. The van der Waals surface area contributed by atoms with Crippen LogP contribution in [0, 0.1) is 10.1 Å². The Morgan fingerprint density at radius 3 is 2.33 bits per heavy atom. The number of non-ortho nitro benzene ring substituents is 1. The number of nitrogens with zero attached hydrogens (tertiary/aromatic N) is 1. The average molecular weight is 415 g/mol. The maximum absolute atomic E-state index is 12.3. The third kappa shape index (κ3) is 6.59. The van der Waals surface area contributed by atoms with E-state index in [1.165, 1.54) is 37.3 Å². The number of amides is 2. The second-order valence-corrected chi connectivity index (χ2v) is 6.66. The van der Waals surface area contributed by atoms with Gasteiger partial charge in [0, 0.05) is 18.6 Å². The number of phenols is 1. The van der Waals surface area contributed by atoms with E-state index in [0.29, 0.717) is 11.1 Å². The first-order valence-electron chi connectivity index (χ1n) is 8.99. The van der Waals surface area contributed by atoms with E-state index in [1.807, 2.05) is 0 Å². The van der Waals surface area contributed by atoms with E-state index in [9.17, 15) is 34.7 Å². The standard InChI is InChI=1S/C20H21N3O7/c1-12(21-18(25)11-14-3-2-4-15(9-14)23(29)30)19(26)22-17(20(27)28)10-13-5-7-16(24)8-6-13/h2-9,12,17,24H,10-11H2,1H3,(H,21,25)(H,22,26)(H,27,28)/t12-,17-/m0/s1. The van der Waals surface area contributed by atoms with Gasteiger partial charge in [0.1, 0.15) is 17.8 Å². The van der Waals surface area contributed by atoms with Crippen LogP contribution in [0.25, 0.3) is 0 Å². The van der Waals surface area contributed by atoms with Crippen LogP contribution in [0.1, 0.15) is 18.1 Å². The van der Waals surface area contributed by atoms with Gasteiger partial charge in [0.2, 0.25) is 11.8 Å². The van der Waals surface area contributed by atoms with Crippen molar-refractivity contribution in [3.63, 3.8) is 0 Å². The summed E-state index contributed by atoms with van der Waals surface area (Å²) in [7, 11) is 0. The number of hydrogen-bond acceptors (Lipinski definition) is 6. The predicted molar refractivity (Wildman–Crippen MR) is 106 cm³/mol. The molecule has 2 amide bonds. The Morgan fingerprint density at radius 2 is 1.73 bits per heavy atom. The Bertz CT molecular complexity index is 944. The number of carbonyl (C=O) groups excluding carboxylic acids is 2. The Balaban J connectivity index is 1.93. The highest BCUT2D eigenvalue weighted by molar-refractivity contribution is 5.90. The molecule has 0 aliphatic carbocycles. The van der Waals surface area contributed by atoms with Gasteiger partial charge in [-0.3, -0.25) is 19.7 Å². The van der Waals surface area contributed by atoms with Crippen LogP contribution in [0.4, 0.5) is 5.69 Å². The molecule has 0 aliphatic rings. The second kappa shape index (κ2) is 10.0. The average Bonchev–Trinajstić information content (AvgIpc) is 2.68. The number of aromatic hydroxyl groups is 1. The van der Waals surface area contributed by atoms with Gasteiger partial charge >= 0.3 is 5.97 Å². The fraction of sp³-hybridized carbons (Fsp3) is 0.250. The van der Waals surface area contributed by atoms with Crippen LogP contribution >= 0.6 is 0 Å². The molecule has 158 valence electrons. The molecule has 0 spiro atoms. The number of carboxylic acid groups (broad SMARTS) is 1. The van der Waals surface area contributed by atoms with E-state index >= 15 is 0 Å². The Labute approximate surface area is 171 Å². The monoisotopic (exact) mass is 415 g/mol. The first-order chi connectivity index (χ1) is 14.2. The van der Waals surface area contributed by atoms with Gasteiger partial charge in [0.15, 0.2) is 0 Å². The lowest BCUT2D eigenvalue weighted by atomic mass is 10.1. The molecule has 10 heteroatoms. The molecule has 0 radical (unpaired) electrons. The summed E-state index contributed by atoms with van der Waals surface area (Å²) in [5.41, 5.74) is 0.859. The maximum atomic E-state index is 12.3. The minimum atomic E-state index is -1.24. The summed E-state index contributed by atoms with van der Waals surface area (Å²) in [5, 5.41) is 34.3. The molecule has 0 fully saturated rings. The molecule has 2 atom stereocenters. The molecule has 0 saturated heterocycles. The van der Waals surface area contributed by atoms with Gasteiger partial charge in [0.05, 0.1) is 11.3 Å². The van der Waals surface area contributed by atoms with Crippen LogP contribution in [0.3, 0.4) is 0 Å². The highest BCUT2D eigenvalue weighted by Crippen LogP contribution is 2.14. The van der Waals surface area contributed by atoms with Crippen molar-refractivity contribution in [2.75, 3.05) is 0 Å². The van der Waals surface area contributed by atoms with Gasteiger partial charge in [-0.05, 0) is 30.2 Å². The maximum Gasteiger partial charge on any atom is 0.326 e. The van der Waals surface area contributed by atoms with Crippen LogP contribution < -0.4 is 10.6 Å². The fourth-order valence-electron chi connectivity index (χ4n) is 2.69. The van der Waals surface area contributed by atoms with Crippen molar-refractivity contribution >= 4 is 23.5 Å². The molecule has 2 aromatic carbocycles. The number of nitro benzene ring substituents is 1. The normalized spacial score (nSPS) is 12.4. The van der Waals surface area contributed by atoms with E-state index in [2.05, 4.69) is 10.6 Å². The minimum absolute atomic E-state index is 0.00426. The van der Waals surface area contributed by atoms with Crippen molar-refractivity contribution in [1.82, 2.24) is 10.6 Å². The van der Waals surface area contributed by atoms with Crippen LogP contribution in [0.2, 0.25) is 0 Å². The Kier molecular flexibility index (Phi) is 7.45. The number of nitrogens with one attached hydrogen (secondary N) is 2. The van der Waals surface area contributed by atoms with Crippen molar-refractivity contribution in [3.05, 3.63) is 69.8 Å². The number of carboxylic acids is 1. The second-order valence-electron chi connectivity index (χ2n) is 6.66. The zero-order valence-electron chi connectivity index (χ0n) is 16.1. The first kappa shape index (κ1) is 22.3. The summed E-state index contributed by atoms with van der Waals surface area (Å²) in [5.74, 6) is -2.43. The number of benzene rings is 2. The van der Waals surface area contributed by atoms with Crippen LogP contribution in [-0.4, -0.2) is 45.0 Å². The molecule has 10 nitrogen and oxygen atoms in total. The van der Waals surface area contributed by atoms with Gasteiger partial charge in [-0.15, -0.1) is 0 Å². The summed E-state index contributed by atoms with van der Waals surface area (Å²) in [6.45, 7) is 1.40. The quantitative estimate of drug-likeness (QED) is 0.353. The number of carbonyl (C=O) groups is 3. The number of aliphatic carboxylic acids is 1. The number of nitro groups is 1. The zero-order chi connectivity index (χ0) is 22.3. The number of phenolic OH excluding ortho intramolecular Hbond substituents is 1. The molecule has 0 aromatic heterocycles. The van der Waals surface area contributed by atoms with Crippen molar-refractivity contribution < 1.29 is 29.5 Å². The Hall–Kier alpha value is -3.95. The van der Waals surface area contributed by atoms with Crippen LogP contribution in [-0.2, 0) is 27.2 Å². The predicted octanol–water partition coefficient (Wildman–Crippen LogP) is 1.16. The van der Waals surface area contributed by atoms with Crippen LogP contribution in [0.5, 0.6) is 5.75 Å². The first-order valence-corrected chi connectivity index (χ1v) is 8.99. The molecule has 0 unspecified atom stereocenters. The van der Waals surface area contributed by atoms with Crippen molar-refractivity contribution in [2.45, 2.75) is 31.8 Å². The highest BCUT2D eigenvalue weighted by atomic mass is 16.6. The fourth-order valence-corrected chi connectivity index (χ4v) is 2.69. The summed E-state index contributed by atoms with van der Waals surface area (Å²) >= 11 is 0. The highest BCUT2D eigenvalue weighted by Gasteiger charge is 2.24. The van der Waals surface area contributed by atoms with E-state index < -0.39 is 34.8 Å². The molecule has 0 heterocycles. The van der Waals surface area contributed by atoms with Crippen molar-refractivity contribution in [2.24, 2.45) is 0 Å². The van der Waals surface area contributed by atoms with E-state index in [0.717, 1.165) is 0 Å². The summed E-state index contributed by atoms with van der Waals surface area (Å²) in [6, 6.07) is 9.24. The van der Waals surface area contributed by atoms with Gasteiger partial charge in [-0.25, -0.2) is 4.79 Å². The zero-order valence-corrected chi connectivity index (χ0v) is 16.1. The lowest BCUT2D eigenvalue weighted by Gasteiger charge is -2.19. The van der Waals surface area contributed by atoms with Crippen molar-refractivity contribution in [3.8, 4) is 5.75 Å². The summed E-state index contributed by atoms with van der Waals surface area (Å²) in [6.07, 6.45) is -0.176. The van der Waals surface area contributed by atoms with Gasteiger partial charge in [0.25, 0.3) is 5.69 Å². The molecule has 4 N–H and O–H groups in total. The molecule has 2 aromatic rings. The molecular formula is C20H21N3O7. The van der Waals surface area contributed by atoms with E-state index in [1.54, 1.807) is 18.2 Å². The van der Waals surface area contributed by atoms with E-state index in [4.69, 9.17) is 0 Å². The molecule has 2 rings (SSSR count). The smallest absolute Gasteiger partial charge is 0.326 e. The number of hydrogen-bond donors (Lipinski definition) is 4. The largest absolute Gasteiger partial charge is 0.508 e.